The third kappa shape index (κ3) is 4.28. The zero-order chi connectivity index (χ0) is 27.3. The molecular weight excluding hydrogens is 464 g/mol. The van der Waals surface area contributed by atoms with Gasteiger partial charge in [0.25, 0.3) is 8.32 Å². The molecule has 2 fully saturated rings. The molecule has 0 heterocycles. The zero-order valence-electron chi connectivity index (χ0n) is 25.2. The van der Waals surface area contributed by atoms with E-state index >= 15 is 0 Å². The molecule has 6 unspecified atom stereocenters. The second-order valence-corrected chi connectivity index (χ2v) is 19.2. The summed E-state index contributed by atoms with van der Waals surface area (Å²) in [6.07, 6.45) is 6.38. The first-order valence-corrected chi connectivity index (χ1v) is 16.7. The molecule has 2 saturated carbocycles. The summed E-state index contributed by atoms with van der Waals surface area (Å²) in [6, 6.07) is 0. The highest BCUT2D eigenvalue weighted by atomic mass is 28.4. The summed E-state index contributed by atoms with van der Waals surface area (Å²) in [5.74, 6) is 1.88. The minimum absolute atomic E-state index is 0.0360. The molecular formula is C31H56O4Si. The van der Waals surface area contributed by atoms with Gasteiger partial charge < -0.3 is 19.0 Å². The molecule has 0 amide bonds. The Balaban J connectivity index is 2.29. The number of methoxy groups -OCH3 is 1. The molecule has 208 valence electrons. The SMILES string of the molecule is C=C[C@@]1(C)CC(O)C2(C)C3=C(O[Si](C(C)C)(C(C)C)C(C)C)CCC3(CCC2C)C(C)C1OCOC. The van der Waals surface area contributed by atoms with Crippen LogP contribution in [0.4, 0.5) is 0 Å². The van der Waals surface area contributed by atoms with E-state index in [4.69, 9.17) is 13.9 Å². The summed E-state index contributed by atoms with van der Waals surface area (Å²) in [7, 11) is -0.442. The van der Waals surface area contributed by atoms with Gasteiger partial charge in [0.05, 0.1) is 18.0 Å². The molecule has 5 heteroatoms. The largest absolute Gasteiger partial charge is 0.546 e. The minimum Gasteiger partial charge on any atom is -0.546 e. The average Bonchev–Trinajstić information content (AvgIpc) is 3.18. The van der Waals surface area contributed by atoms with Crippen LogP contribution in [-0.4, -0.2) is 39.5 Å². The lowest BCUT2D eigenvalue weighted by atomic mass is 9.46. The molecule has 4 nitrogen and oxygen atoms in total. The quantitative estimate of drug-likeness (QED) is 0.189. The van der Waals surface area contributed by atoms with Crippen LogP contribution in [0.1, 0.15) is 101 Å². The van der Waals surface area contributed by atoms with Crippen molar-refractivity contribution in [3.63, 3.8) is 0 Å². The van der Waals surface area contributed by atoms with Crippen molar-refractivity contribution in [1.29, 1.82) is 0 Å². The Labute approximate surface area is 223 Å². The van der Waals surface area contributed by atoms with E-state index in [1.54, 1.807) is 7.11 Å². The van der Waals surface area contributed by atoms with Crippen LogP contribution in [0, 0.1) is 28.1 Å². The van der Waals surface area contributed by atoms with Gasteiger partial charge in [0.15, 0.2) is 0 Å². The number of hydrogen-bond acceptors (Lipinski definition) is 4. The van der Waals surface area contributed by atoms with Gasteiger partial charge in [-0.1, -0.05) is 75.3 Å². The standard InChI is InChI=1S/C31H56O4Si/c1-13-29(10)18-26(32)30(11)23(8)14-16-31(24(9)28(29)34-19-33-12)17-15-25(27(30)31)35-36(20(2)3,21(4)5)22(6)7/h13,20-24,26,28,32H,1,14-19H2,2-12H3/t23?,24?,26?,28?,29-,30?,31?/m0/s1. The smallest absolute Gasteiger partial charge is 0.258 e. The average molecular weight is 521 g/mol. The van der Waals surface area contributed by atoms with Crippen molar-refractivity contribution in [3.05, 3.63) is 24.0 Å². The number of allylic oxidation sites excluding steroid dienone is 1. The van der Waals surface area contributed by atoms with Gasteiger partial charge in [0.1, 0.15) is 6.79 Å². The van der Waals surface area contributed by atoms with E-state index in [0.717, 1.165) is 25.7 Å². The van der Waals surface area contributed by atoms with Gasteiger partial charge in [-0.3, -0.25) is 0 Å². The molecule has 0 aromatic rings. The minimum atomic E-state index is -2.13. The first-order chi connectivity index (χ1) is 16.7. The molecule has 7 atom stereocenters. The number of rotatable bonds is 9. The van der Waals surface area contributed by atoms with Crippen LogP contribution in [0.2, 0.25) is 16.6 Å². The van der Waals surface area contributed by atoms with Crippen molar-refractivity contribution in [1.82, 2.24) is 0 Å². The van der Waals surface area contributed by atoms with Gasteiger partial charge in [-0.15, -0.1) is 6.58 Å². The Kier molecular flexibility index (Phi) is 8.73. The van der Waals surface area contributed by atoms with E-state index in [2.05, 4.69) is 75.8 Å². The lowest BCUT2D eigenvalue weighted by Crippen LogP contribution is -2.59. The Morgan fingerprint density at radius 2 is 1.64 bits per heavy atom. The molecule has 2 bridgehead atoms. The van der Waals surface area contributed by atoms with Gasteiger partial charge in [0.2, 0.25) is 0 Å². The van der Waals surface area contributed by atoms with Crippen LogP contribution in [0.5, 0.6) is 0 Å². The van der Waals surface area contributed by atoms with Gasteiger partial charge in [-0.2, -0.15) is 0 Å². The molecule has 0 aromatic heterocycles. The van der Waals surface area contributed by atoms with Crippen molar-refractivity contribution in [2.75, 3.05) is 13.9 Å². The van der Waals surface area contributed by atoms with Crippen LogP contribution in [0.3, 0.4) is 0 Å². The van der Waals surface area contributed by atoms with Crippen molar-refractivity contribution >= 4 is 8.32 Å². The summed E-state index contributed by atoms with van der Waals surface area (Å²) in [5, 5.41) is 12.1. The molecule has 0 radical (unpaired) electrons. The van der Waals surface area contributed by atoms with Crippen LogP contribution in [0.25, 0.3) is 0 Å². The van der Waals surface area contributed by atoms with Crippen LogP contribution >= 0.6 is 0 Å². The van der Waals surface area contributed by atoms with Gasteiger partial charge in [-0.05, 0) is 59.7 Å². The van der Waals surface area contributed by atoms with Gasteiger partial charge >= 0.3 is 0 Å². The van der Waals surface area contributed by atoms with Crippen molar-refractivity contribution in [3.8, 4) is 0 Å². The molecule has 3 rings (SSSR count). The maximum Gasteiger partial charge on any atom is 0.258 e. The summed E-state index contributed by atoms with van der Waals surface area (Å²) in [5.41, 5.74) is 2.29. The molecule has 0 aliphatic heterocycles. The van der Waals surface area contributed by atoms with Crippen molar-refractivity contribution in [2.24, 2.45) is 28.1 Å². The highest BCUT2D eigenvalue weighted by Gasteiger charge is 2.64. The second kappa shape index (κ2) is 10.5. The summed E-state index contributed by atoms with van der Waals surface area (Å²) in [6.45, 7) is 28.0. The van der Waals surface area contributed by atoms with E-state index in [-0.39, 0.29) is 35.1 Å². The Morgan fingerprint density at radius 3 is 2.14 bits per heavy atom. The molecule has 0 aromatic carbocycles. The van der Waals surface area contributed by atoms with Crippen molar-refractivity contribution in [2.45, 2.75) is 130 Å². The topological polar surface area (TPSA) is 47.9 Å². The maximum absolute atomic E-state index is 12.1. The Bertz CT molecular complexity index is 813. The first kappa shape index (κ1) is 29.9. The van der Waals surface area contributed by atoms with Crippen molar-refractivity contribution < 1.29 is 19.0 Å². The van der Waals surface area contributed by atoms with Gasteiger partial charge in [-0.25, -0.2) is 0 Å². The Morgan fingerprint density at radius 1 is 1.06 bits per heavy atom. The first-order valence-electron chi connectivity index (χ1n) is 14.5. The number of aliphatic hydroxyl groups excluding tert-OH is 1. The Hall–Kier alpha value is -0.623. The fraction of sp³-hybridized carbons (Fsp3) is 0.871. The van der Waals surface area contributed by atoms with Crippen LogP contribution < -0.4 is 0 Å². The lowest BCUT2D eigenvalue weighted by Gasteiger charge is -2.60. The fourth-order valence-electron chi connectivity index (χ4n) is 9.10. The zero-order valence-corrected chi connectivity index (χ0v) is 26.2. The third-order valence-corrected chi connectivity index (χ3v) is 17.3. The number of ether oxygens (including phenoxy) is 2. The predicted molar refractivity (Wildman–Crippen MR) is 152 cm³/mol. The third-order valence-electron chi connectivity index (χ3n) is 11.3. The highest BCUT2D eigenvalue weighted by Crippen LogP contribution is 2.69. The number of hydrogen-bond donors (Lipinski definition) is 1. The van der Waals surface area contributed by atoms with E-state index in [0.29, 0.717) is 29.0 Å². The predicted octanol–water partition coefficient (Wildman–Crippen LogP) is 8.23. The monoisotopic (exact) mass is 520 g/mol. The van der Waals surface area contributed by atoms with Crippen LogP contribution in [-0.2, 0) is 13.9 Å². The van der Waals surface area contributed by atoms with E-state index < -0.39 is 14.4 Å². The summed E-state index contributed by atoms with van der Waals surface area (Å²) < 4.78 is 19.4. The van der Waals surface area contributed by atoms with E-state index in [1.807, 2.05) is 6.08 Å². The summed E-state index contributed by atoms with van der Waals surface area (Å²) in [4.78, 5) is 0. The maximum atomic E-state index is 12.1. The van der Waals surface area contributed by atoms with Gasteiger partial charge in [0, 0.05) is 29.8 Å². The summed E-state index contributed by atoms with van der Waals surface area (Å²) >= 11 is 0. The number of aliphatic hydroxyl groups is 1. The normalized spacial score (nSPS) is 39.4. The molecule has 3 aliphatic rings. The van der Waals surface area contributed by atoms with E-state index in [9.17, 15) is 5.11 Å². The molecule has 0 spiro atoms. The molecule has 0 saturated heterocycles. The van der Waals surface area contributed by atoms with Crippen LogP contribution in [0.15, 0.2) is 24.0 Å². The molecule has 1 N–H and O–H groups in total. The fourth-order valence-corrected chi connectivity index (χ4v) is 14.4. The molecule has 36 heavy (non-hydrogen) atoms. The second-order valence-electron chi connectivity index (χ2n) is 13.8. The molecule has 3 aliphatic carbocycles. The van der Waals surface area contributed by atoms with E-state index in [1.165, 1.54) is 11.3 Å². The highest BCUT2D eigenvalue weighted by molar-refractivity contribution is 6.77. The lowest BCUT2D eigenvalue weighted by molar-refractivity contribution is -0.173.